The molecule has 0 saturated carbocycles. The van der Waals surface area contributed by atoms with Gasteiger partial charge in [0.05, 0.1) is 0 Å². The van der Waals surface area contributed by atoms with Gasteiger partial charge in [0.1, 0.15) is 11.5 Å². The Bertz CT molecular complexity index is 969. The number of hydrogen-bond acceptors (Lipinski definition) is 4. The van der Waals surface area contributed by atoms with Crippen LogP contribution in [0.3, 0.4) is 0 Å². The molecule has 0 aliphatic rings. The van der Waals surface area contributed by atoms with E-state index < -0.39 is 0 Å². The largest absolute Gasteiger partial charge is 0.508 e. The van der Waals surface area contributed by atoms with E-state index in [-0.39, 0.29) is 23.1 Å². The number of rotatable bonds is 6. The number of ketones is 2. The highest BCUT2D eigenvalue weighted by molar-refractivity contribution is 6.29. The molecule has 0 aliphatic heterocycles. The van der Waals surface area contributed by atoms with Crippen LogP contribution in [0, 0.1) is 0 Å². The third-order valence-corrected chi connectivity index (χ3v) is 4.39. The van der Waals surface area contributed by atoms with Crippen molar-refractivity contribution in [3.8, 4) is 11.5 Å². The Morgan fingerprint density at radius 3 is 1.04 bits per heavy atom. The minimum atomic E-state index is -0.244. The summed E-state index contributed by atoms with van der Waals surface area (Å²) in [5.74, 6) is -0.315. The lowest BCUT2D eigenvalue weighted by Crippen LogP contribution is -2.03. The van der Waals surface area contributed by atoms with Crippen molar-refractivity contribution in [2.75, 3.05) is 0 Å². The molecule has 3 aromatic carbocycles. The summed E-state index contributed by atoms with van der Waals surface area (Å²) in [5, 5.41) is 18.7. The number of phenols is 2. The van der Waals surface area contributed by atoms with E-state index >= 15 is 0 Å². The van der Waals surface area contributed by atoms with Gasteiger partial charge in [-0.15, -0.1) is 0 Å². The highest BCUT2D eigenvalue weighted by atomic mass is 16.3. The quantitative estimate of drug-likeness (QED) is 0.478. The topological polar surface area (TPSA) is 74.6 Å². The first-order chi connectivity index (χ1) is 13.4. The third-order valence-electron chi connectivity index (χ3n) is 4.39. The van der Waals surface area contributed by atoms with Gasteiger partial charge in [0.2, 0.25) is 0 Å². The Morgan fingerprint density at radius 2 is 0.750 bits per heavy atom. The molecule has 0 bridgehead atoms. The number of hydrogen-bond donors (Lipinski definition) is 2. The van der Waals surface area contributed by atoms with Crippen molar-refractivity contribution in [2.45, 2.75) is 0 Å². The van der Waals surface area contributed by atoms with Gasteiger partial charge in [0.15, 0.2) is 11.6 Å². The van der Waals surface area contributed by atoms with Crippen LogP contribution in [0.15, 0.2) is 86.0 Å². The second-order valence-corrected chi connectivity index (χ2v) is 6.29. The molecular weight excluding hydrogens is 352 g/mol. The lowest BCUT2D eigenvalue weighted by molar-refractivity contribution is 0.104. The summed E-state index contributed by atoms with van der Waals surface area (Å²) in [6, 6.07) is 18.8. The lowest BCUT2D eigenvalue weighted by Gasteiger charge is -2.09. The second-order valence-electron chi connectivity index (χ2n) is 6.29. The van der Waals surface area contributed by atoms with E-state index in [0.29, 0.717) is 33.4 Å². The molecule has 0 aliphatic carbocycles. The van der Waals surface area contributed by atoms with Crippen molar-refractivity contribution >= 4 is 22.7 Å². The van der Waals surface area contributed by atoms with Crippen molar-refractivity contribution in [3.63, 3.8) is 0 Å². The highest BCUT2D eigenvalue weighted by Gasteiger charge is 2.15. The van der Waals surface area contributed by atoms with Crippen molar-refractivity contribution in [2.24, 2.45) is 0 Å². The monoisotopic (exact) mass is 370 g/mol. The van der Waals surface area contributed by atoms with Crippen LogP contribution in [0.2, 0.25) is 0 Å². The Labute approximate surface area is 162 Å². The van der Waals surface area contributed by atoms with Gasteiger partial charge in [-0.05, 0) is 59.7 Å². The van der Waals surface area contributed by atoms with Crippen LogP contribution in [0.4, 0.5) is 0 Å². The zero-order chi connectivity index (χ0) is 20.3. The number of allylic oxidation sites excluding steroid dienone is 2. The molecule has 0 saturated heterocycles. The molecule has 0 fully saturated rings. The van der Waals surface area contributed by atoms with Gasteiger partial charge < -0.3 is 10.2 Å². The maximum absolute atomic E-state index is 12.5. The molecule has 3 rings (SSSR count). The van der Waals surface area contributed by atoms with Crippen LogP contribution in [0.25, 0.3) is 11.1 Å². The van der Waals surface area contributed by atoms with E-state index in [9.17, 15) is 19.8 Å². The Balaban J connectivity index is 1.77. The summed E-state index contributed by atoms with van der Waals surface area (Å²) >= 11 is 0. The van der Waals surface area contributed by atoms with Crippen LogP contribution in [0.5, 0.6) is 11.5 Å². The Morgan fingerprint density at radius 1 is 0.500 bits per heavy atom. The van der Waals surface area contributed by atoms with Gasteiger partial charge in [-0.3, -0.25) is 9.59 Å². The SMILES string of the molecule is C=C(C(=O)c1ccc(O)cc1)c1ccc(C(=C)C(=O)c2ccc(O)cc2)cc1. The molecule has 4 heteroatoms. The first-order valence-electron chi connectivity index (χ1n) is 8.53. The van der Waals surface area contributed by atoms with E-state index in [1.165, 1.54) is 48.5 Å². The molecule has 0 atom stereocenters. The van der Waals surface area contributed by atoms with E-state index in [0.717, 1.165) is 0 Å². The summed E-state index contributed by atoms with van der Waals surface area (Å²) < 4.78 is 0. The predicted molar refractivity (Wildman–Crippen MR) is 109 cm³/mol. The van der Waals surface area contributed by atoms with Gasteiger partial charge in [0, 0.05) is 22.3 Å². The fourth-order valence-electron chi connectivity index (χ4n) is 2.71. The highest BCUT2D eigenvalue weighted by Crippen LogP contribution is 2.24. The van der Waals surface area contributed by atoms with E-state index in [1.807, 2.05) is 0 Å². The minimum absolute atomic E-state index is 0.0864. The second kappa shape index (κ2) is 7.76. The van der Waals surface area contributed by atoms with Gasteiger partial charge in [0.25, 0.3) is 0 Å². The minimum Gasteiger partial charge on any atom is -0.508 e. The fourth-order valence-corrected chi connectivity index (χ4v) is 2.71. The number of benzene rings is 3. The predicted octanol–water partition coefficient (Wildman–Crippen LogP) is 4.89. The van der Waals surface area contributed by atoms with E-state index in [4.69, 9.17) is 0 Å². The molecular formula is C24H18O4. The summed E-state index contributed by atoms with van der Waals surface area (Å²) in [7, 11) is 0. The number of aromatic hydroxyl groups is 2. The molecule has 0 spiro atoms. The zero-order valence-electron chi connectivity index (χ0n) is 15.1. The van der Waals surface area contributed by atoms with E-state index in [1.54, 1.807) is 24.3 Å². The molecule has 0 radical (unpaired) electrons. The third kappa shape index (κ3) is 3.91. The van der Waals surface area contributed by atoms with Gasteiger partial charge in [-0.2, -0.15) is 0 Å². The van der Waals surface area contributed by atoms with Gasteiger partial charge >= 0.3 is 0 Å². The molecule has 0 heterocycles. The van der Waals surface area contributed by atoms with Crippen molar-refractivity contribution in [1.82, 2.24) is 0 Å². The van der Waals surface area contributed by atoms with Crippen molar-refractivity contribution < 1.29 is 19.8 Å². The maximum atomic E-state index is 12.5. The van der Waals surface area contributed by atoms with Crippen LogP contribution in [-0.2, 0) is 0 Å². The standard InChI is InChI=1S/C24H18O4/c1-15(23(27)19-7-11-21(25)12-8-19)17-3-5-18(6-4-17)16(2)24(28)20-9-13-22(26)14-10-20/h3-14,25-26H,1-2H2. The molecule has 4 nitrogen and oxygen atoms in total. The van der Waals surface area contributed by atoms with Gasteiger partial charge in [-0.25, -0.2) is 0 Å². The van der Waals surface area contributed by atoms with Gasteiger partial charge in [-0.1, -0.05) is 37.4 Å². The molecule has 28 heavy (non-hydrogen) atoms. The summed E-state index contributed by atoms with van der Waals surface area (Å²) in [4.78, 5) is 25.0. The average Bonchev–Trinajstić information content (AvgIpc) is 2.73. The maximum Gasteiger partial charge on any atom is 0.193 e. The number of carbonyl (C=O) groups is 2. The molecule has 138 valence electrons. The average molecular weight is 370 g/mol. The molecule has 2 N–H and O–H groups in total. The van der Waals surface area contributed by atoms with Crippen LogP contribution in [0.1, 0.15) is 31.8 Å². The molecule has 0 amide bonds. The van der Waals surface area contributed by atoms with E-state index in [2.05, 4.69) is 13.2 Å². The van der Waals surface area contributed by atoms with Crippen molar-refractivity contribution in [3.05, 3.63) is 108 Å². The summed E-state index contributed by atoms with van der Waals surface area (Å²) in [6.07, 6.45) is 0. The fraction of sp³-hybridized carbons (Fsp3) is 0. The van der Waals surface area contributed by atoms with Crippen LogP contribution in [-0.4, -0.2) is 21.8 Å². The molecule has 3 aromatic rings. The molecule has 0 aromatic heterocycles. The Kier molecular flexibility index (Phi) is 5.23. The van der Waals surface area contributed by atoms with Crippen molar-refractivity contribution in [1.29, 1.82) is 0 Å². The number of Topliss-reactive ketones (excluding diaryl/α,β-unsaturated/α-hetero) is 2. The summed E-state index contributed by atoms with van der Waals surface area (Å²) in [5.41, 5.74) is 2.75. The summed E-state index contributed by atoms with van der Waals surface area (Å²) in [6.45, 7) is 7.73. The smallest absolute Gasteiger partial charge is 0.193 e. The molecule has 0 unspecified atom stereocenters. The number of phenolic OH excluding ortho intramolecular Hbond substituents is 2. The van der Waals surface area contributed by atoms with Crippen LogP contribution < -0.4 is 0 Å². The van der Waals surface area contributed by atoms with Crippen LogP contribution >= 0.6 is 0 Å². The number of carbonyl (C=O) groups excluding carboxylic acids is 2. The lowest BCUT2D eigenvalue weighted by atomic mass is 9.94. The normalized spacial score (nSPS) is 10.3. The Hall–Kier alpha value is -3.92. The first-order valence-corrected chi connectivity index (χ1v) is 8.53. The first kappa shape index (κ1) is 18.9. The zero-order valence-corrected chi connectivity index (χ0v) is 15.1.